The fourth-order valence-corrected chi connectivity index (χ4v) is 3.73. The van der Waals surface area contributed by atoms with Crippen LogP contribution >= 0.6 is 35.7 Å². The number of benzene rings is 1. The molecule has 5 nitrogen and oxygen atoms in total. The number of nitrogens with one attached hydrogen (secondary N) is 2. The molecule has 1 heterocycles. The minimum atomic E-state index is -4.35. The third-order valence-corrected chi connectivity index (χ3v) is 5.69. The topological polar surface area (TPSA) is 42.9 Å². The van der Waals surface area contributed by atoms with E-state index in [1.54, 1.807) is 13.1 Å². The van der Waals surface area contributed by atoms with Crippen LogP contribution in [-0.4, -0.2) is 69.7 Å². The van der Waals surface area contributed by atoms with Crippen LogP contribution in [0.5, 0.6) is 0 Å². The Labute approximate surface area is 199 Å². The highest BCUT2D eigenvalue weighted by Crippen LogP contribution is 2.33. The van der Waals surface area contributed by atoms with Gasteiger partial charge in [-0.3, -0.25) is 4.99 Å². The summed E-state index contributed by atoms with van der Waals surface area (Å²) in [6.07, 6.45) is -0.127. The Morgan fingerprint density at radius 2 is 1.83 bits per heavy atom. The number of nitrogens with zero attached hydrogens (tertiary/aromatic N) is 3. The Balaban J connectivity index is 0.00000450. The van der Waals surface area contributed by atoms with Crippen LogP contribution in [0.15, 0.2) is 23.2 Å². The first-order valence-corrected chi connectivity index (χ1v) is 11.3. The summed E-state index contributed by atoms with van der Waals surface area (Å²) in [6.45, 7) is 4.47. The summed E-state index contributed by atoms with van der Waals surface area (Å²) in [4.78, 5) is 8.58. The number of anilines is 1. The lowest BCUT2D eigenvalue weighted by atomic mass is 10.1. The molecule has 0 radical (unpaired) electrons. The molecule has 1 aromatic carbocycles. The second kappa shape index (κ2) is 13.5. The Morgan fingerprint density at radius 3 is 2.43 bits per heavy atom. The van der Waals surface area contributed by atoms with E-state index in [9.17, 15) is 13.2 Å². The van der Waals surface area contributed by atoms with Crippen LogP contribution in [0.3, 0.4) is 0 Å². The fourth-order valence-electron chi connectivity index (χ4n) is 3.24. The fraction of sp³-hybridized carbons (Fsp3) is 0.650. The zero-order valence-corrected chi connectivity index (χ0v) is 21.0. The molecule has 1 aromatic rings. The van der Waals surface area contributed by atoms with Crippen LogP contribution in [0, 0.1) is 0 Å². The molecular weight excluding hydrogens is 526 g/mol. The van der Waals surface area contributed by atoms with Gasteiger partial charge in [0.05, 0.1) is 5.56 Å². The molecule has 0 aliphatic carbocycles. The number of unbranched alkanes of at least 4 members (excludes halogenated alkanes) is 1. The maximum Gasteiger partial charge on any atom is 0.416 e. The quantitative estimate of drug-likeness (QED) is 0.219. The van der Waals surface area contributed by atoms with Gasteiger partial charge in [-0.2, -0.15) is 24.9 Å². The molecule has 0 saturated carbocycles. The van der Waals surface area contributed by atoms with Crippen molar-refractivity contribution in [3.05, 3.63) is 29.3 Å². The van der Waals surface area contributed by atoms with Crippen molar-refractivity contribution in [3.63, 3.8) is 0 Å². The SMILES string of the molecule is CN=C(NCCCCSC)NCc1cc(C(F)(F)F)ccc1N1CCN(C)CC1.I. The van der Waals surface area contributed by atoms with E-state index in [1.807, 2.05) is 11.8 Å². The van der Waals surface area contributed by atoms with Crippen LogP contribution < -0.4 is 15.5 Å². The highest BCUT2D eigenvalue weighted by Gasteiger charge is 2.31. The molecule has 10 heteroatoms. The number of guanidine groups is 1. The van der Waals surface area contributed by atoms with Crippen LogP contribution in [0.1, 0.15) is 24.0 Å². The summed E-state index contributed by atoms with van der Waals surface area (Å²) in [7, 11) is 3.73. The molecule has 2 N–H and O–H groups in total. The lowest BCUT2D eigenvalue weighted by Crippen LogP contribution is -2.45. The summed E-state index contributed by atoms with van der Waals surface area (Å²) in [6, 6.07) is 4.03. The maximum absolute atomic E-state index is 13.2. The second-order valence-electron chi connectivity index (χ2n) is 7.18. The van der Waals surface area contributed by atoms with E-state index < -0.39 is 11.7 Å². The van der Waals surface area contributed by atoms with Crippen molar-refractivity contribution in [2.45, 2.75) is 25.6 Å². The number of rotatable bonds is 8. The molecule has 1 saturated heterocycles. The monoisotopic (exact) mass is 559 g/mol. The molecule has 0 spiro atoms. The van der Waals surface area contributed by atoms with E-state index in [-0.39, 0.29) is 30.5 Å². The van der Waals surface area contributed by atoms with Gasteiger partial charge in [0.2, 0.25) is 0 Å². The smallest absolute Gasteiger partial charge is 0.369 e. The Bertz CT molecular complexity index is 664. The number of piperazine rings is 1. The van der Waals surface area contributed by atoms with Gasteiger partial charge in [-0.1, -0.05) is 0 Å². The molecule has 0 amide bonds. The molecule has 1 aliphatic heterocycles. The Kier molecular flexibility index (Phi) is 12.2. The zero-order valence-electron chi connectivity index (χ0n) is 17.9. The molecule has 0 unspecified atom stereocenters. The van der Waals surface area contributed by atoms with Crippen molar-refractivity contribution < 1.29 is 13.2 Å². The summed E-state index contributed by atoms with van der Waals surface area (Å²) in [5, 5.41) is 6.41. The first-order valence-electron chi connectivity index (χ1n) is 9.92. The van der Waals surface area contributed by atoms with E-state index in [2.05, 4.69) is 38.7 Å². The molecule has 0 aromatic heterocycles. The van der Waals surface area contributed by atoms with E-state index in [1.165, 1.54) is 12.1 Å². The third kappa shape index (κ3) is 8.70. The molecule has 2 rings (SSSR count). The average Bonchev–Trinajstić information content (AvgIpc) is 2.70. The van der Waals surface area contributed by atoms with Gasteiger partial charge < -0.3 is 20.4 Å². The molecule has 172 valence electrons. The van der Waals surface area contributed by atoms with Gasteiger partial charge in [0.25, 0.3) is 0 Å². The van der Waals surface area contributed by atoms with Crippen molar-refractivity contribution in [1.82, 2.24) is 15.5 Å². The van der Waals surface area contributed by atoms with Crippen molar-refractivity contribution in [2.75, 3.05) is 63.7 Å². The lowest BCUT2D eigenvalue weighted by Gasteiger charge is -2.35. The lowest BCUT2D eigenvalue weighted by molar-refractivity contribution is -0.137. The number of aliphatic imine (C=N–C) groups is 1. The molecular formula is C20H33F3IN5S. The van der Waals surface area contributed by atoms with Gasteiger partial charge in [-0.15, -0.1) is 24.0 Å². The maximum atomic E-state index is 13.2. The van der Waals surface area contributed by atoms with Crippen LogP contribution in [0.4, 0.5) is 18.9 Å². The Morgan fingerprint density at radius 1 is 1.13 bits per heavy atom. The van der Waals surface area contributed by atoms with Crippen molar-refractivity contribution in [2.24, 2.45) is 4.99 Å². The summed E-state index contributed by atoms with van der Waals surface area (Å²) in [5.74, 6) is 1.72. The van der Waals surface area contributed by atoms with Crippen molar-refractivity contribution in [3.8, 4) is 0 Å². The van der Waals surface area contributed by atoms with Crippen molar-refractivity contribution >= 4 is 47.4 Å². The third-order valence-electron chi connectivity index (χ3n) is 4.99. The highest BCUT2D eigenvalue weighted by molar-refractivity contribution is 14.0. The van der Waals surface area contributed by atoms with Gasteiger partial charge in [0, 0.05) is 52.0 Å². The largest absolute Gasteiger partial charge is 0.416 e. The summed E-state index contributed by atoms with van der Waals surface area (Å²) >= 11 is 1.82. The molecule has 30 heavy (non-hydrogen) atoms. The first-order chi connectivity index (χ1) is 13.8. The highest BCUT2D eigenvalue weighted by atomic mass is 127. The number of likely N-dealkylation sites (N-methyl/N-ethyl adjacent to an activating group) is 1. The molecule has 1 fully saturated rings. The number of alkyl halides is 3. The standard InChI is InChI=1S/C20H32F3N5S.HI/c1-24-19(25-8-4-5-13-29-3)26-15-16-14-17(20(21,22)23)6-7-18(16)28-11-9-27(2)10-12-28;/h6-7,14H,4-5,8-13,15H2,1-3H3,(H2,24,25,26);1H. The minimum absolute atomic E-state index is 0. The van der Waals surface area contributed by atoms with E-state index in [0.717, 1.165) is 57.0 Å². The van der Waals surface area contributed by atoms with E-state index in [0.29, 0.717) is 11.5 Å². The zero-order chi connectivity index (χ0) is 21.3. The van der Waals surface area contributed by atoms with Crippen LogP contribution in [0.2, 0.25) is 0 Å². The predicted molar refractivity (Wildman–Crippen MR) is 132 cm³/mol. The van der Waals surface area contributed by atoms with E-state index >= 15 is 0 Å². The molecule has 1 aliphatic rings. The van der Waals surface area contributed by atoms with E-state index in [4.69, 9.17) is 0 Å². The molecule has 0 bridgehead atoms. The number of hydrogen-bond donors (Lipinski definition) is 2. The summed E-state index contributed by atoms with van der Waals surface area (Å²) < 4.78 is 39.7. The van der Waals surface area contributed by atoms with Crippen LogP contribution in [-0.2, 0) is 12.7 Å². The average molecular weight is 559 g/mol. The number of thioether (sulfide) groups is 1. The Hall–Kier alpha value is -0.880. The number of halogens is 4. The number of hydrogen-bond acceptors (Lipinski definition) is 4. The van der Waals surface area contributed by atoms with Gasteiger partial charge in [-0.05, 0) is 55.7 Å². The van der Waals surface area contributed by atoms with Gasteiger partial charge in [-0.25, -0.2) is 0 Å². The van der Waals surface area contributed by atoms with Crippen molar-refractivity contribution in [1.29, 1.82) is 0 Å². The van der Waals surface area contributed by atoms with Gasteiger partial charge in [0.1, 0.15) is 0 Å². The molecule has 0 atom stereocenters. The first kappa shape index (κ1) is 27.2. The normalized spacial score (nSPS) is 15.7. The summed E-state index contributed by atoms with van der Waals surface area (Å²) in [5.41, 5.74) is 0.871. The van der Waals surface area contributed by atoms with Crippen LogP contribution in [0.25, 0.3) is 0 Å². The van der Waals surface area contributed by atoms with Gasteiger partial charge in [0.15, 0.2) is 5.96 Å². The minimum Gasteiger partial charge on any atom is -0.369 e. The van der Waals surface area contributed by atoms with Gasteiger partial charge >= 0.3 is 6.18 Å². The predicted octanol–water partition coefficient (Wildman–Crippen LogP) is 3.88. The second-order valence-corrected chi connectivity index (χ2v) is 8.17.